The van der Waals surface area contributed by atoms with Crippen LogP contribution in [0.25, 0.3) is 0 Å². The van der Waals surface area contributed by atoms with Gasteiger partial charge in [-0.25, -0.2) is 0 Å². The summed E-state index contributed by atoms with van der Waals surface area (Å²) in [4.78, 5) is 17.0. The molecule has 1 aromatic heterocycles. The molecule has 134 valence electrons. The van der Waals surface area contributed by atoms with Gasteiger partial charge in [-0.2, -0.15) is 4.98 Å². The van der Waals surface area contributed by atoms with Crippen LogP contribution >= 0.6 is 11.6 Å². The zero-order chi connectivity index (χ0) is 18.0. The number of hydrogen-bond acceptors (Lipinski definition) is 5. The van der Waals surface area contributed by atoms with E-state index in [0.717, 1.165) is 6.42 Å². The Hall–Kier alpha value is -1.92. The second-order valence-corrected chi connectivity index (χ2v) is 7.43. The van der Waals surface area contributed by atoms with E-state index in [1.807, 2.05) is 13.8 Å². The molecule has 0 spiro atoms. The largest absolute Gasteiger partial charge is 0.381 e. The molecule has 1 aromatic carbocycles. The molecular formula is C18H22ClN3O3. The highest BCUT2D eigenvalue weighted by Crippen LogP contribution is 2.31. The molecule has 2 aromatic rings. The van der Waals surface area contributed by atoms with Crippen LogP contribution in [0.5, 0.6) is 0 Å². The number of halogens is 1. The smallest absolute Gasteiger partial charge is 0.252 e. The third-order valence-electron chi connectivity index (χ3n) is 4.47. The number of carbonyl (C=O) groups is 1. The van der Waals surface area contributed by atoms with E-state index >= 15 is 0 Å². The minimum atomic E-state index is -0.768. The lowest BCUT2D eigenvalue weighted by molar-refractivity contribution is 0.0392. The van der Waals surface area contributed by atoms with E-state index < -0.39 is 5.54 Å². The van der Waals surface area contributed by atoms with E-state index in [9.17, 15) is 4.79 Å². The van der Waals surface area contributed by atoms with E-state index in [-0.39, 0.29) is 11.8 Å². The van der Waals surface area contributed by atoms with Crippen molar-refractivity contribution in [2.75, 3.05) is 13.2 Å². The number of ether oxygens (including phenoxy) is 1. The Morgan fingerprint density at radius 3 is 2.92 bits per heavy atom. The highest BCUT2D eigenvalue weighted by atomic mass is 35.5. The molecule has 2 unspecified atom stereocenters. The zero-order valence-electron chi connectivity index (χ0n) is 14.6. The summed E-state index contributed by atoms with van der Waals surface area (Å²) in [5, 5.41) is 7.54. The van der Waals surface area contributed by atoms with Gasteiger partial charge in [-0.15, -0.1) is 0 Å². The molecule has 1 saturated heterocycles. The number of carbonyl (C=O) groups excluding carboxylic acids is 1. The van der Waals surface area contributed by atoms with E-state index in [1.165, 1.54) is 0 Å². The van der Waals surface area contributed by atoms with Gasteiger partial charge in [0, 0.05) is 29.7 Å². The Morgan fingerprint density at radius 1 is 1.40 bits per heavy atom. The molecule has 2 heterocycles. The van der Waals surface area contributed by atoms with Crippen molar-refractivity contribution in [3.05, 3.63) is 46.6 Å². The number of hydrogen-bond donors (Lipinski definition) is 1. The summed E-state index contributed by atoms with van der Waals surface area (Å²) < 4.78 is 10.9. The molecule has 7 heteroatoms. The lowest BCUT2D eigenvalue weighted by atomic mass is 9.90. The van der Waals surface area contributed by atoms with Gasteiger partial charge in [0.05, 0.1) is 5.54 Å². The van der Waals surface area contributed by atoms with E-state index in [2.05, 4.69) is 22.4 Å². The molecule has 1 amide bonds. The van der Waals surface area contributed by atoms with Gasteiger partial charge in [-0.1, -0.05) is 29.7 Å². The van der Waals surface area contributed by atoms with E-state index in [0.29, 0.717) is 41.4 Å². The zero-order valence-corrected chi connectivity index (χ0v) is 15.3. The van der Waals surface area contributed by atoms with E-state index in [4.69, 9.17) is 20.9 Å². The van der Waals surface area contributed by atoms with Crippen molar-refractivity contribution in [3.63, 3.8) is 0 Å². The van der Waals surface area contributed by atoms with Gasteiger partial charge in [0.15, 0.2) is 5.82 Å². The number of nitrogens with one attached hydrogen (secondary N) is 1. The average Bonchev–Trinajstić information content (AvgIpc) is 3.05. The Morgan fingerprint density at radius 2 is 2.20 bits per heavy atom. The first-order valence-electron chi connectivity index (χ1n) is 8.37. The first-order valence-corrected chi connectivity index (χ1v) is 8.74. The van der Waals surface area contributed by atoms with Crippen LogP contribution in [-0.2, 0) is 10.3 Å². The van der Waals surface area contributed by atoms with Gasteiger partial charge in [0.2, 0.25) is 5.89 Å². The number of amides is 1. The van der Waals surface area contributed by atoms with Crippen LogP contribution < -0.4 is 5.32 Å². The van der Waals surface area contributed by atoms with Crippen molar-refractivity contribution in [1.82, 2.24) is 15.5 Å². The number of rotatable bonds is 4. The quantitative estimate of drug-likeness (QED) is 0.899. The summed E-state index contributed by atoms with van der Waals surface area (Å²) in [7, 11) is 0. The lowest BCUT2D eigenvalue weighted by Gasteiger charge is -2.26. The number of nitrogens with zero attached hydrogens (tertiary/aromatic N) is 2. The summed E-state index contributed by atoms with van der Waals surface area (Å²) >= 11 is 5.95. The van der Waals surface area contributed by atoms with Crippen LogP contribution in [0.15, 0.2) is 28.8 Å². The van der Waals surface area contributed by atoms with Crippen LogP contribution in [0.1, 0.15) is 55.2 Å². The maximum Gasteiger partial charge on any atom is 0.252 e. The molecule has 0 bridgehead atoms. The highest BCUT2D eigenvalue weighted by molar-refractivity contribution is 6.30. The van der Waals surface area contributed by atoms with Crippen molar-refractivity contribution >= 4 is 17.5 Å². The summed E-state index contributed by atoms with van der Waals surface area (Å²) in [5.74, 6) is 1.34. The van der Waals surface area contributed by atoms with Crippen molar-refractivity contribution in [3.8, 4) is 0 Å². The molecule has 2 atom stereocenters. The SMILES string of the molecule is CC1COCCC1c1nc(C(C)(C)NC(=O)c2cccc(Cl)c2)no1. The number of aromatic nitrogens is 2. The summed E-state index contributed by atoms with van der Waals surface area (Å²) in [6, 6.07) is 6.80. The summed E-state index contributed by atoms with van der Waals surface area (Å²) in [6.07, 6.45) is 0.859. The van der Waals surface area contributed by atoms with Gasteiger partial charge in [-0.05, 0) is 44.4 Å². The Kier molecular flexibility index (Phi) is 5.11. The second kappa shape index (κ2) is 7.14. The Labute approximate surface area is 151 Å². The van der Waals surface area contributed by atoms with Gasteiger partial charge < -0.3 is 14.6 Å². The molecule has 0 radical (unpaired) electrons. The van der Waals surface area contributed by atoms with Crippen LogP contribution in [0.4, 0.5) is 0 Å². The van der Waals surface area contributed by atoms with Gasteiger partial charge >= 0.3 is 0 Å². The molecule has 0 saturated carbocycles. The maximum atomic E-state index is 12.5. The molecule has 3 rings (SSSR count). The molecular weight excluding hydrogens is 342 g/mol. The Balaban J connectivity index is 1.75. The monoisotopic (exact) mass is 363 g/mol. The van der Waals surface area contributed by atoms with Gasteiger partial charge in [0.1, 0.15) is 0 Å². The fraction of sp³-hybridized carbons (Fsp3) is 0.500. The minimum absolute atomic E-state index is 0.189. The van der Waals surface area contributed by atoms with Crippen molar-refractivity contribution in [2.45, 2.75) is 38.6 Å². The first kappa shape index (κ1) is 17.9. The molecule has 1 fully saturated rings. The minimum Gasteiger partial charge on any atom is -0.381 e. The van der Waals surface area contributed by atoms with Crippen molar-refractivity contribution < 1.29 is 14.1 Å². The highest BCUT2D eigenvalue weighted by Gasteiger charge is 2.33. The third kappa shape index (κ3) is 4.02. The molecule has 0 aliphatic carbocycles. The predicted molar refractivity (Wildman–Crippen MR) is 93.6 cm³/mol. The topological polar surface area (TPSA) is 77.2 Å². The van der Waals surface area contributed by atoms with Crippen LogP contribution in [0.3, 0.4) is 0 Å². The normalized spacial score (nSPS) is 21.1. The van der Waals surface area contributed by atoms with Crippen molar-refractivity contribution in [1.29, 1.82) is 0 Å². The predicted octanol–water partition coefficient (Wildman–Crippen LogP) is 3.53. The average molecular weight is 364 g/mol. The fourth-order valence-electron chi connectivity index (χ4n) is 2.93. The summed E-state index contributed by atoms with van der Waals surface area (Å²) in [6.45, 7) is 7.19. The second-order valence-electron chi connectivity index (χ2n) is 6.99. The lowest BCUT2D eigenvalue weighted by Crippen LogP contribution is -2.42. The summed E-state index contributed by atoms with van der Waals surface area (Å²) in [5.41, 5.74) is -0.280. The molecule has 1 N–H and O–H groups in total. The molecule has 1 aliphatic heterocycles. The first-order chi connectivity index (χ1) is 11.9. The molecule has 25 heavy (non-hydrogen) atoms. The van der Waals surface area contributed by atoms with Gasteiger partial charge in [-0.3, -0.25) is 4.79 Å². The Bertz CT molecular complexity index is 760. The molecule has 1 aliphatic rings. The van der Waals surface area contributed by atoms with Crippen LogP contribution in [0.2, 0.25) is 5.02 Å². The van der Waals surface area contributed by atoms with Gasteiger partial charge in [0.25, 0.3) is 5.91 Å². The fourth-order valence-corrected chi connectivity index (χ4v) is 3.12. The molecule has 6 nitrogen and oxygen atoms in total. The van der Waals surface area contributed by atoms with Crippen LogP contribution in [0, 0.1) is 5.92 Å². The third-order valence-corrected chi connectivity index (χ3v) is 4.71. The van der Waals surface area contributed by atoms with Crippen LogP contribution in [-0.4, -0.2) is 29.3 Å². The van der Waals surface area contributed by atoms with Crippen molar-refractivity contribution in [2.24, 2.45) is 5.92 Å². The van der Waals surface area contributed by atoms with E-state index in [1.54, 1.807) is 24.3 Å². The standard InChI is InChI=1S/C18H22ClN3O3/c1-11-10-24-8-7-14(11)16-20-17(22-25-16)18(2,3)21-15(23)12-5-4-6-13(19)9-12/h4-6,9,11,14H,7-8,10H2,1-3H3,(H,21,23). The number of benzene rings is 1. The maximum absolute atomic E-state index is 12.5.